The number of nitrogens with zero attached hydrogens (tertiary/aromatic N) is 4. The molecule has 36 heavy (non-hydrogen) atoms. The largest absolute Gasteiger partial charge is 0.355 e. The highest BCUT2D eigenvalue weighted by Gasteiger charge is 2.21. The van der Waals surface area contributed by atoms with Crippen LogP contribution in [-0.4, -0.2) is 19.9 Å². The zero-order valence-electron chi connectivity index (χ0n) is 19.0. The Morgan fingerprint density at radius 2 is 1.28 bits per heavy atom. The van der Waals surface area contributed by atoms with Crippen molar-refractivity contribution in [3.8, 4) is 12.1 Å². The SMILES string of the molecule is N#CC(C#N)=CC1=C(c2ccccc2)c2cc3ccc(cc4ccc(cc5nc(cc1n2)C=C5)[nH]4)[nH]3. The smallest absolute Gasteiger partial charge is 0.130 e. The van der Waals surface area contributed by atoms with Crippen molar-refractivity contribution in [2.75, 3.05) is 0 Å². The number of rotatable bonds is 2. The van der Waals surface area contributed by atoms with Crippen LogP contribution in [0.15, 0.2) is 90.5 Å². The lowest BCUT2D eigenvalue weighted by Gasteiger charge is -2.05. The third-order valence-corrected chi connectivity index (χ3v) is 5.97. The third kappa shape index (κ3) is 4.00. The molecule has 0 spiro atoms. The molecule has 1 aromatic carbocycles. The number of allylic oxidation sites excluding steroid dienone is 3. The van der Waals surface area contributed by atoms with E-state index in [0.717, 1.165) is 50.3 Å². The van der Waals surface area contributed by atoms with Crippen LogP contribution in [0.4, 0.5) is 0 Å². The fourth-order valence-electron chi connectivity index (χ4n) is 4.38. The standard InChI is InChI=1S/C30H18N6/c31-17-19(18-32)12-27-28-15-25-10-8-23(34-25)13-21-6-7-22(33-21)14-24-9-11-26(35-24)16-29(36-28)30(27)20-4-2-1-3-5-20/h1-16,33,35H. The molecule has 0 aliphatic carbocycles. The number of aromatic amines is 2. The fourth-order valence-corrected chi connectivity index (χ4v) is 4.38. The molecule has 2 aliphatic heterocycles. The summed E-state index contributed by atoms with van der Waals surface area (Å²) < 4.78 is 0. The van der Waals surface area contributed by atoms with Gasteiger partial charge in [-0.1, -0.05) is 30.3 Å². The van der Waals surface area contributed by atoms with Gasteiger partial charge in [-0.15, -0.1) is 0 Å². The minimum atomic E-state index is 0.00947. The molecule has 6 rings (SSSR count). The highest BCUT2D eigenvalue weighted by molar-refractivity contribution is 6.04. The molecular weight excluding hydrogens is 444 g/mol. The molecule has 4 aromatic rings. The zero-order chi connectivity index (χ0) is 24.5. The van der Waals surface area contributed by atoms with E-state index < -0.39 is 0 Å². The van der Waals surface area contributed by atoms with Gasteiger partial charge in [0.15, 0.2) is 0 Å². The molecule has 6 heteroatoms. The van der Waals surface area contributed by atoms with Gasteiger partial charge in [0.1, 0.15) is 17.7 Å². The van der Waals surface area contributed by atoms with E-state index in [9.17, 15) is 10.5 Å². The van der Waals surface area contributed by atoms with Gasteiger partial charge in [-0.3, -0.25) is 0 Å². The van der Waals surface area contributed by atoms with E-state index in [1.165, 1.54) is 0 Å². The lowest BCUT2D eigenvalue weighted by molar-refractivity contribution is 1.27. The van der Waals surface area contributed by atoms with E-state index in [-0.39, 0.29) is 5.57 Å². The van der Waals surface area contributed by atoms with Gasteiger partial charge in [-0.25, -0.2) is 9.97 Å². The lowest BCUT2D eigenvalue weighted by atomic mass is 9.96. The van der Waals surface area contributed by atoms with Crippen LogP contribution in [0.1, 0.15) is 28.3 Å². The minimum absolute atomic E-state index is 0.00947. The van der Waals surface area contributed by atoms with E-state index in [0.29, 0.717) is 11.3 Å². The first-order valence-corrected chi connectivity index (χ1v) is 11.4. The number of fused-ring (bicyclic) bond motifs is 8. The highest BCUT2D eigenvalue weighted by atomic mass is 14.8. The van der Waals surface area contributed by atoms with Crippen molar-refractivity contribution in [3.63, 3.8) is 0 Å². The number of hydrogen-bond acceptors (Lipinski definition) is 4. The summed E-state index contributed by atoms with van der Waals surface area (Å²) in [5.41, 5.74) is 9.20. The summed E-state index contributed by atoms with van der Waals surface area (Å²) in [4.78, 5) is 16.5. The number of benzene rings is 1. The van der Waals surface area contributed by atoms with Crippen LogP contribution in [0, 0.1) is 22.7 Å². The van der Waals surface area contributed by atoms with E-state index in [2.05, 4.69) is 9.97 Å². The molecule has 5 heterocycles. The molecule has 0 atom stereocenters. The van der Waals surface area contributed by atoms with Crippen molar-refractivity contribution in [3.05, 3.63) is 119 Å². The maximum Gasteiger partial charge on any atom is 0.130 e. The average Bonchev–Trinajstić information content (AvgIpc) is 3.68. The molecule has 0 amide bonds. The van der Waals surface area contributed by atoms with Gasteiger partial charge < -0.3 is 9.97 Å². The topological polar surface area (TPSA) is 105 Å². The molecule has 0 unspecified atom stereocenters. The number of hydrogen-bond donors (Lipinski definition) is 2. The second-order valence-electron chi connectivity index (χ2n) is 8.43. The van der Waals surface area contributed by atoms with Gasteiger partial charge in [0, 0.05) is 33.2 Å². The van der Waals surface area contributed by atoms with Crippen LogP contribution in [0.5, 0.6) is 0 Å². The first-order chi connectivity index (χ1) is 17.7. The van der Waals surface area contributed by atoms with Crippen molar-refractivity contribution in [1.82, 2.24) is 19.9 Å². The van der Waals surface area contributed by atoms with Gasteiger partial charge in [0.25, 0.3) is 0 Å². The van der Waals surface area contributed by atoms with Gasteiger partial charge in [-0.05, 0) is 72.3 Å². The maximum atomic E-state index is 9.50. The van der Waals surface area contributed by atoms with Crippen LogP contribution < -0.4 is 0 Å². The predicted octanol–water partition coefficient (Wildman–Crippen LogP) is 6.42. The summed E-state index contributed by atoms with van der Waals surface area (Å²) in [6.07, 6.45) is 5.49. The molecule has 2 N–H and O–H groups in total. The normalized spacial score (nSPS) is 12.2. The van der Waals surface area contributed by atoms with Crippen LogP contribution in [0.25, 0.3) is 45.4 Å². The average molecular weight is 463 g/mol. The Morgan fingerprint density at radius 1 is 0.667 bits per heavy atom. The van der Waals surface area contributed by atoms with Gasteiger partial charge in [-0.2, -0.15) is 10.5 Å². The van der Waals surface area contributed by atoms with Gasteiger partial charge in [0.2, 0.25) is 0 Å². The Morgan fingerprint density at radius 3 is 1.94 bits per heavy atom. The maximum absolute atomic E-state index is 9.50. The molecule has 3 aromatic heterocycles. The van der Waals surface area contributed by atoms with Crippen molar-refractivity contribution < 1.29 is 0 Å². The Bertz CT molecular complexity index is 1830. The predicted molar refractivity (Wildman–Crippen MR) is 142 cm³/mol. The Kier molecular flexibility index (Phi) is 5.11. The Hall–Kier alpha value is -5.46. The fraction of sp³-hybridized carbons (Fsp3) is 0. The molecule has 2 aliphatic rings. The van der Waals surface area contributed by atoms with Crippen molar-refractivity contribution in [2.45, 2.75) is 0 Å². The monoisotopic (exact) mass is 462 g/mol. The molecular formula is C30H18N6. The minimum Gasteiger partial charge on any atom is -0.355 e. The van der Waals surface area contributed by atoms with E-state index in [1.807, 2.05) is 103 Å². The first kappa shape index (κ1) is 21.1. The molecule has 0 radical (unpaired) electrons. The second kappa shape index (κ2) is 8.72. The summed E-state index contributed by atoms with van der Waals surface area (Å²) in [7, 11) is 0. The summed E-state index contributed by atoms with van der Waals surface area (Å²) in [6, 6.07) is 29.8. The molecule has 0 saturated carbocycles. The number of aromatic nitrogens is 4. The van der Waals surface area contributed by atoms with E-state index in [4.69, 9.17) is 9.97 Å². The van der Waals surface area contributed by atoms with Crippen LogP contribution in [-0.2, 0) is 0 Å². The summed E-state index contributed by atoms with van der Waals surface area (Å²) in [6.45, 7) is 0. The molecule has 0 saturated heterocycles. The van der Waals surface area contributed by atoms with Crippen molar-refractivity contribution in [1.29, 1.82) is 10.5 Å². The molecule has 168 valence electrons. The van der Waals surface area contributed by atoms with Gasteiger partial charge in [0.05, 0.1) is 22.8 Å². The molecule has 6 nitrogen and oxygen atoms in total. The van der Waals surface area contributed by atoms with Crippen LogP contribution >= 0.6 is 0 Å². The van der Waals surface area contributed by atoms with Crippen molar-refractivity contribution >= 4 is 45.4 Å². The van der Waals surface area contributed by atoms with E-state index in [1.54, 1.807) is 6.08 Å². The van der Waals surface area contributed by atoms with Crippen LogP contribution in [0.2, 0.25) is 0 Å². The Labute approximate surface area is 206 Å². The second-order valence-corrected chi connectivity index (χ2v) is 8.43. The van der Waals surface area contributed by atoms with Crippen molar-refractivity contribution in [2.24, 2.45) is 0 Å². The first-order valence-electron chi connectivity index (χ1n) is 11.4. The number of nitriles is 2. The van der Waals surface area contributed by atoms with Crippen LogP contribution in [0.3, 0.4) is 0 Å². The van der Waals surface area contributed by atoms with E-state index >= 15 is 0 Å². The summed E-state index contributed by atoms with van der Waals surface area (Å²) >= 11 is 0. The summed E-state index contributed by atoms with van der Waals surface area (Å²) in [5, 5.41) is 19.0. The zero-order valence-corrected chi connectivity index (χ0v) is 19.0. The number of nitrogens with one attached hydrogen (secondary N) is 2. The molecule has 8 bridgehead atoms. The van der Waals surface area contributed by atoms with Gasteiger partial charge >= 0.3 is 0 Å². The Balaban J connectivity index is 1.73. The highest BCUT2D eigenvalue weighted by Crippen LogP contribution is 2.37. The summed E-state index contributed by atoms with van der Waals surface area (Å²) in [5.74, 6) is 0. The molecule has 0 fully saturated rings. The third-order valence-electron chi connectivity index (χ3n) is 5.97. The number of H-pyrrole nitrogens is 2. The quantitative estimate of drug-likeness (QED) is 0.295. The lowest BCUT2D eigenvalue weighted by Crippen LogP contribution is -1.88.